The van der Waals surface area contributed by atoms with Crippen molar-refractivity contribution in [3.05, 3.63) is 35.9 Å². The Kier molecular flexibility index (Phi) is 5.94. The molecule has 1 saturated heterocycles. The number of carbonyl (C=O) groups excluding carboxylic acids is 2. The standard InChI is InChI=1S/C15H18ClNO3S/c1-2-8-20-15(19)12-9-21-10-17(12)14(18)13(16)11-6-4-3-5-7-11/h3-7,12-13H,2,8-10H2,1H3/t12-,13+/m0/s1. The summed E-state index contributed by atoms with van der Waals surface area (Å²) in [6.45, 7) is 2.31. The zero-order valence-corrected chi connectivity index (χ0v) is 13.4. The molecule has 6 heteroatoms. The van der Waals surface area contributed by atoms with Crippen molar-refractivity contribution in [1.29, 1.82) is 0 Å². The van der Waals surface area contributed by atoms with Crippen LogP contribution in [0.2, 0.25) is 0 Å². The van der Waals surface area contributed by atoms with E-state index in [2.05, 4.69) is 0 Å². The second-order valence-corrected chi connectivity index (χ2v) is 6.20. The summed E-state index contributed by atoms with van der Waals surface area (Å²) in [5.74, 6) is 0.450. The molecule has 1 fully saturated rings. The van der Waals surface area contributed by atoms with Crippen LogP contribution in [0.25, 0.3) is 0 Å². The average molecular weight is 328 g/mol. The van der Waals surface area contributed by atoms with Crippen LogP contribution in [0.15, 0.2) is 30.3 Å². The average Bonchev–Trinajstić information content (AvgIpc) is 3.01. The zero-order chi connectivity index (χ0) is 15.2. The molecule has 4 nitrogen and oxygen atoms in total. The molecule has 1 aliphatic rings. The molecule has 2 rings (SSSR count). The van der Waals surface area contributed by atoms with Crippen molar-refractivity contribution in [2.75, 3.05) is 18.2 Å². The van der Waals surface area contributed by atoms with Crippen molar-refractivity contribution in [2.24, 2.45) is 0 Å². The molecular weight excluding hydrogens is 310 g/mol. The van der Waals surface area contributed by atoms with Crippen LogP contribution in [0.3, 0.4) is 0 Å². The van der Waals surface area contributed by atoms with E-state index in [1.807, 2.05) is 37.3 Å². The van der Waals surface area contributed by atoms with E-state index in [1.165, 1.54) is 16.7 Å². The fraction of sp³-hybridized carbons (Fsp3) is 0.467. The molecule has 2 atom stereocenters. The highest BCUT2D eigenvalue weighted by Crippen LogP contribution is 2.29. The summed E-state index contributed by atoms with van der Waals surface area (Å²) in [6.07, 6.45) is 0.766. The van der Waals surface area contributed by atoms with Gasteiger partial charge >= 0.3 is 5.97 Å². The van der Waals surface area contributed by atoms with E-state index in [4.69, 9.17) is 16.3 Å². The first-order valence-corrected chi connectivity index (χ1v) is 8.48. The maximum absolute atomic E-state index is 12.5. The summed E-state index contributed by atoms with van der Waals surface area (Å²) >= 11 is 7.80. The number of carbonyl (C=O) groups is 2. The van der Waals surface area contributed by atoms with E-state index in [-0.39, 0.29) is 11.9 Å². The summed E-state index contributed by atoms with van der Waals surface area (Å²) in [6, 6.07) is 8.63. The Bertz CT molecular complexity index is 497. The topological polar surface area (TPSA) is 46.6 Å². The van der Waals surface area contributed by atoms with Gasteiger partial charge in [0.25, 0.3) is 0 Å². The van der Waals surface area contributed by atoms with Crippen LogP contribution in [0.4, 0.5) is 0 Å². The zero-order valence-electron chi connectivity index (χ0n) is 11.8. The third kappa shape index (κ3) is 3.92. The second-order valence-electron chi connectivity index (χ2n) is 4.76. The quantitative estimate of drug-likeness (QED) is 0.616. The van der Waals surface area contributed by atoms with Crippen LogP contribution in [0.1, 0.15) is 24.3 Å². The number of rotatable bonds is 5. The van der Waals surface area contributed by atoms with Crippen molar-refractivity contribution in [3.63, 3.8) is 0 Å². The third-order valence-electron chi connectivity index (χ3n) is 3.19. The molecule has 1 aliphatic heterocycles. The highest BCUT2D eigenvalue weighted by Gasteiger charge is 2.38. The Labute approximate surface area is 133 Å². The fourth-order valence-corrected chi connectivity index (χ4v) is 3.48. The molecule has 0 aliphatic carbocycles. The van der Waals surface area contributed by atoms with Crippen LogP contribution in [-0.4, -0.2) is 41.1 Å². The summed E-state index contributed by atoms with van der Waals surface area (Å²) in [4.78, 5) is 26.0. The van der Waals surface area contributed by atoms with Gasteiger partial charge < -0.3 is 9.64 Å². The number of benzene rings is 1. The van der Waals surface area contributed by atoms with Crippen LogP contribution in [0.5, 0.6) is 0 Å². The number of ether oxygens (including phenoxy) is 1. The predicted octanol–water partition coefficient (Wildman–Crippen LogP) is 2.82. The van der Waals surface area contributed by atoms with Crippen LogP contribution < -0.4 is 0 Å². The van der Waals surface area contributed by atoms with Gasteiger partial charge in [-0.25, -0.2) is 4.79 Å². The first-order valence-electron chi connectivity index (χ1n) is 6.89. The number of alkyl halides is 1. The Morgan fingerprint density at radius 3 is 2.81 bits per heavy atom. The largest absolute Gasteiger partial charge is 0.464 e. The maximum atomic E-state index is 12.5. The molecular formula is C15H18ClNO3S. The van der Waals surface area contributed by atoms with E-state index in [9.17, 15) is 9.59 Å². The van der Waals surface area contributed by atoms with Gasteiger partial charge in [-0.2, -0.15) is 0 Å². The van der Waals surface area contributed by atoms with Gasteiger partial charge in [-0.1, -0.05) is 37.3 Å². The van der Waals surface area contributed by atoms with Gasteiger partial charge in [0.1, 0.15) is 11.4 Å². The van der Waals surface area contributed by atoms with Gasteiger partial charge in [0, 0.05) is 5.75 Å². The molecule has 0 N–H and O–H groups in total. The Morgan fingerprint density at radius 1 is 1.43 bits per heavy atom. The highest BCUT2D eigenvalue weighted by atomic mass is 35.5. The van der Waals surface area contributed by atoms with Gasteiger partial charge in [-0.3, -0.25) is 4.79 Å². The molecule has 21 heavy (non-hydrogen) atoms. The van der Waals surface area contributed by atoms with Crippen molar-refractivity contribution in [1.82, 2.24) is 4.90 Å². The first kappa shape index (κ1) is 16.2. The second kappa shape index (κ2) is 7.71. The summed E-state index contributed by atoms with van der Waals surface area (Å²) in [7, 11) is 0. The summed E-state index contributed by atoms with van der Waals surface area (Å²) in [5.41, 5.74) is 0.738. The lowest BCUT2D eigenvalue weighted by molar-refractivity contribution is -0.152. The minimum atomic E-state index is -0.772. The van der Waals surface area contributed by atoms with Crippen LogP contribution in [0, 0.1) is 0 Å². The molecule has 1 heterocycles. The molecule has 0 unspecified atom stereocenters. The Morgan fingerprint density at radius 2 is 2.14 bits per heavy atom. The van der Waals surface area contributed by atoms with E-state index < -0.39 is 11.4 Å². The van der Waals surface area contributed by atoms with Crippen molar-refractivity contribution in [3.8, 4) is 0 Å². The van der Waals surface area contributed by atoms with Gasteiger partial charge in [0.05, 0.1) is 12.5 Å². The minimum absolute atomic E-state index is 0.244. The number of nitrogens with zero attached hydrogens (tertiary/aromatic N) is 1. The molecule has 114 valence electrons. The van der Waals surface area contributed by atoms with Crippen molar-refractivity contribution >= 4 is 35.2 Å². The number of hydrogen-bond acceptors (Lipinski definition) is 4. The lowest BCUT2D eigenvalue weighted by Gasteiger charge is -2.24. The molecule has 0 radical (unpaired) electrons. The first-order chi connectivity index (χ1) is 10.1. The number of hydrogen-bond donors (Lipinski definition) is 0. The molecule has 0 saturated carbocycles. The Balaban J connectivity index is 2.05. The molecule has 1 aromatic carbocycles. The molecule has 0 bridgehead atoms. The van der Waals surface area contributed by atoms with Gasteiger partial charge in [-0.05, 0) is 12.0 Å². The van der Waals surface area contributed by atoms with Gasteiger partial charge in [0.15, 0.2) is 0 Å². The normalized spacial score (nSPS) is 19.3. The van der Waals surface area contributed by atoms with E-state index >= 15 is 0 Å². The number of halogens is 1. The third-order valence-corrected chi connectivity index (χ3v) is 4.65. The van der Waals surface area contributed by atoms with E-state index in [0.717, 1.165) is 12.0 Å². The van der Waals surface area contributed by atoms with Crippen LogP contribution >= 0.6 is 23.4 Å². The number of thioether (sulfide) groups is 1. The van der Waals surface area contributed by atoms with Crippen molar-refractivity contribution in [2.45, 2.75) is 24.8 Å². The fourth-order valence-electron chi connectivity index (χ4n) is 2.06. The van der Waals surface area contributed by atoms with Gasteiger partial charge in [-0.15, -0.1) is 23.4 Å². The van der Waals surface area contributed by atoms with E-state index in [0.29, 0.717) is 18.2 Å². The minimum Gasteiger partial charge on any atom is -0.464 e. The lowest BCUT2D eigenvalue weighted by Crippen LogP contribution is -2.44. The summed E-state index contributed by atoms with van der Waals surface area (Å²) < 4.78 is 5.15. The predicted molar refractivity (Wildman–Crippen MR) is 84.2 cm³/mol. The molecule has 0 spiro atoms. The number of esters is 1. The number of amides is 1. The highest BCUT2D eigenvalue weighted by molar-refractivity contribution is 7.99. The Hall–Kier alpha value is -1.20. The summed E-state index contributed by atoms with van der Waals surface area (Å²) in [5, 5.41) is -0.772. The lowest BCUT2D eigenvalue weighted by atomic mass is 10.1. The van der Waals surface area contributed by atoms with Crippen LogP contribution in [-0.2, 0) is 14.3 Å². The maximum Gasteiger partial charge on any atom is 0.329 e. The van der Waals surface area contributed by atoms with Crippen molar-refractivity contribution < 1.29 is 14.3 Å². The van der Waals surface area contributed by atoms with Gasteiger partial charge in [0.2, 0.25) is 5.91 Å². The molecule has 0 aromatic heterocycles. The molecule has 1 aromatic rings. The molecule has 1 amide bonds. The smallest absolute Gasteiger partial charge is 0.329 e. The monoisotopic (exact) mass is 327 g/mol. The van der Waals surface area contributed by atoms with E-state index in [1.54, 1.807) is 0 Å². The SMILES string of the molecule is CCCOC(=O)[C@@H]1CSCN1C(=O)[C@H](Cl)c1ccccc1.